The normalized spacial score (nSPS) is 15.5. The van der Waals surface area contributed by atoms with Gasteiger partial charge in [0.25, 0.3) is 0 Å². The number of benzene rings is 1. The van der Waals surface area contributed by atoms with Crippen molar-refractivity contribution >= 4 is 5.91 Å². The zero-order valence-corrected chi connectivity index (χ0v) is 11.6. The first-order chi connectivity index (χ1) is 10.2. The molecule has 1 unspecified atom stereocenters. The van der Waals surface area contributed by atoms with E-state index in [-0.39, 0.29) is 17.6 Å². The number of nitrogens with zero attached hydrogens (tertiary/aromatic N) is 1. The number of carbonyl (C=O) groups is 1. The molecule has 0 spiro atoms. The lowest BCUT2D eigenvalue weighted by Crippen LogP contribution is -2.30. The van der Waals surface area contributed by atoms with Crippen molar-refractivity contribution in [2.75, 3.05) is 0 Å². The first kappa shape index (κ1) is 13.7. The lowest BCUT2D eigenvalue weighted by atomic mass is 9.93. The van der Waals surface area contributed by atoms with Gasteiger partial charge < -0.3 is 5.32 Å². The van der Waals surface area contributed by atoms with Gasteiger partial charge in [-0.3, -0.25) is 9.78 Å². The largest absolute Gasteiger partial charge is 0.350 e. The minimum absolute atomic E-state index is 0.00485. The average molecular weight is 284 g/mol. The Morgan fingerprint density at radius 3 is 2.62 bits per heavy atom. The molecule has 1 N–H and O–H groups in total. The summed E-state index contributed by atoms with van der Waals surface area (Å²) < 4.78 is 13.0. The number of hydrogen-bond donors (Lipinski definition) is 1. The number of rotatable bonds is 5. The van der Waals surface area contributed by atoms with Gasteiger partial charge >= 0.3 is 0 Å². The molecule has 21 heavy (non-hydrogen) atoms. The summed E-state index contributed by atoms with van der Waals surface area (Å²) in [6.45, 7) is 0.421. The fourth-order valence-corrected chi connectivity index (χ4v) is 2.53. The fraction of sp³-hybridized carbons (Fsp3) is 0.294. The number of halogens is 1. The first-order valence-corrected chi connectivity index (χ1v) is 7.17. The summed E-state index contributed by atoms with van der Waals surface area (Å²) >= 11 is 0. The SMILES string of the molecule is O=C(NCc1ccccn1)C(c1ccc(F)cc1)C1CC1. The predicted molar refractivity (Wildman–Crippen MR) is 77.9 cm³/mol. The molecule has 3 nitrogen and oxygen atoms in total. The number of pyridine rings is 1. The standard InChI is InChI=1S/C17H17FN2O/c18-14-8-6-13(7-9-14)16(12-4-5-12)17(21)20-11-15-3-1-2-10-19-15/h1-3,6-10,12,16H,4-5,11H2,(H,20,21). The van der Waals surface area contributed by atoms with E-state index in [2.05, 4.69) is 10.3 Å². The maximum atomic E-state index is 13.0. The summed E-state index contributed by atoms with van der Waals surface area (Å²) in [5.41, 5.74) is 1.72. The third kappa shape index (κ3) is 3.45. The van der Waals surface area contributed by atoms with Gasteiger partial charge in [0.15, 0.2) is 0 Å². The average Bonchev–Trinajstić information content (AvgIpc) is 3.33. The van der Waals surface area contributed by atoms with Crippen LogP contribution in [0.3, 0.4) is 0 Å². The Morgan fingerprint density at radius 2 is 2.00 bits per heavy atom. The van der Waals surface area contributed by atoms with Gasteiger partial charge in [-0.25, -0.2) is 4.39 Å². The second kappa shape index (κ2) is 6.04. The zero-order chi connectivity index (χ0) is 14.7. The summed E-state index contributed by atoms with van der Waals surface area (Å²) in [5, 5.41) is 2.94. The lowest BCUT2D eigenvalue weighted by molar-refractivity contribution is -0.123. The smallest absolute Gasteiger partial charge is 0.228 e. The van der Waals surface area contributed by atoms with Crippen molar-refractivity contribution in [1.29, 1.82) is 0 Å². The Kier molecular flexibility index (Phi) is 3.95. The van der Waals surface area contributed by atoms with E-state index in [1.807, 2.05) is 18.2 Å². The van der Waals surface area contributed by atoms with Crippen molar-refractivity contribution in [3.05, 3.63) is 65.7 Å². The number of nitrogens with one attached hydrogen (secondary N) is 1. The second-order valence-corrected chi connectivity index (χ2v) is 5.41. The van der Waals surface area contributed by atoms with Crippen LogP contribution in [0.4, 0.5) is 4.39 Å². The van der Waals surface area contributed by atoms with Gasteiger partial charge in [0.2, 0.25) is 5.91 Å². The molecule has 1 aliphatic rings. The third-order valence-corrected chi connectivity index (χ3v) is 3.77. The molecule has 108 valence electrons. The van der Waals surface area contributed by atoms with E-state index in [1.54, 1.807) is 18.3 Å². The van der Waals surface area contributed by atoms with Gasteiger partial charge in [0, 0.05) is 6.20 Å². The predicted octanol–water partition coefficient (Wildman–Crippen LogP) is 3.03. The van der Waals surface area contributed by atoms with Crippen molar-refractivity contribution in [3.63, 3.8) is 0 Å². The van der Waals surface area contributed by atoms with Crippen LogP contribution in [0.25, 0.3) is 0 Å². The zero-order valence-electron chi connectivity index (χ0n) is 11.6. The number of aromatic nitrogens is 1. The van der Waals surface area contributed by atoms with Crippen LogP contribution in [0.2, 0.25) is 0 Å². The van der Waals surface area contributed by atoms with Crippen LogP contribution in [0.5, 0.6) is 0 Å². The highest BCUT2D eigenvalue weighted by molar-refractivity contribution is 5.84. The molecular weight excluding hydrogens is 267 g/mol. The monoisotopic (exact) mass is 284 g/mol. The summed E-state index contributed by atoms with van der Waals surface area (Å²) in [7, 11) is 0. The van der Waals surface area contributed by atoms with Crippen LogP contribution in [0.1, 0.15) is 30.0 Å². The number of hydrogen-bond acceptors (Lipinski definition) is 2. The fourth-order valence-electron chi connectivity index (χ4n) is 2.53. The molecule has 4 heteroatoms. The van der Waals surface area contributed by atoms with E-state index in [4.69, 9.17) is 0 Å². The second-order valence-electron chi connectivity index (χ2n) is 5.41. The topological polar surface area (TPSA) is 42.0 Å². The van der Waals surface area contributed by atoms with Gasteiger partial charge in [-0.1, -0.05) is 18.2 Å². The molecule has 1 saturated carbocycles. The quantitative estimate of drug-likeness (QED) is 0.917. The van der Waals surface area contributed by atoms with E-state index in [0.717, 1.165) is 24.1 Å². The Hall–Kier alpha value is -2.23. The minimum atomic E-state index is -0.276. The van der Waals surface area contributed by atoms with E-state index in [9.17, 15) is 9.18 Å². The molecule has 2 aromatic rings. The maximum Gasteiger partial charge on any atom is 0.228 e. The van der Waals surface area contributed by atoms with Crippen LogP contribution in [-0.4, -0.2) is 10.9 Å². The Bertz CT molecular complexity index is 608. The molecule has 3 rings (SSSR count). The molecule has 1 atom stereocenters. The Labute approximate surface area is 123 Å². The molecule has 1 heterocycles. The van der Waals surface area contributed by atoms with Crippen LogP contribution in [-0.2, 0) is 11.3 Å². The summed E-state index contributed by atoms with van der Waals surface area (Å²) in [4.78, 5) is 16.6. The van der Waals surface area contributed by atoms with Gasteiger partial charge in [-0.05, 0) is 48.6 Å². The van der Waals surface area contributed by atoms with E-state index < -0.39 is 0 Å². The highest BCUT2D eigenvalue weighted by Crippen LogP contribution is 2.42. The molecule has 0 bridgehead atoms. The summed E-state index contributed by atoms with van der Waals surface area (Å²) in [6, 6.07) is 11.9. The molecular formula is C17H17FN2O. The van der Waals surface area contributed by atoms with Crippen molar-refractivity contribution in [3.8, 4) is 0 Å². The lowest BCUT2D eigenvalue weighted by Gasteiger charge is -2.16. The summed E-state index contributed by atoms with van der Waals surface area (Å²) in [5.74, 6) is -0.0922. The van der Waals surface area contributed by atoms with Crippen molar-refractivity contribution in [1.82, 2.24) is 10.3 Å². The Balaban J connectivity index is 1.69. The van der Waals surface area contributed by atoms with E-state index >= 15 is 0 Å². The molecule has 0 radical (unpaired) electrons. The van der Waals surface area contributed by atoms with Crippen LogP contribution >= 0.6 is 0 Å². The van der Waals surface area contributed by atoms with Gasteiger partial charge in [-0.15, -0.1) is 0 Å². The van der Waals surface area contributed by atoms with Crippen LogP contribution in [0.15, 0.2) is 48.7 Å². The molecule has 1 amide bonds. The van der Waals surface area contributed by atoms with Crippen LogP contribution in [0, 0.1) is 11.7 Å². The molecule has 1 aromatic carbocycles. The van der Waals surface area contributed by atoms with Gasteiger partial charge in [0.05, 0.1) is 18.2 Å². The highest BCUT2D eigenvalue weighted by atomic mass is 19.1. The van der Waals surface area contributed by atoms with Gasteiger partial charge in [-0.2, -0.15) is 0 Å². The summed E-state index contributed by atoms with van der Waals surface area (Å²) in [6.07, 6.45) is 3.82. The number of amides is 1. The van der Waals surface area contributed by atoms with Crippen molar-refractivity contribution in [2.45, 2.75) is 25.3 Å². The molecule has 1 aliphatic carbocycles. The van der Waals surface area contributed by atoms with Crippen LogP contribution < -0.4 is 5.32 Å². The van der Waals surface area contributed by atoms with E-state index in [0.29, 0.717) is 12.5 Å². The van der Waals surface area contributed by atoms with Crippen molar-refractivity contribution < 1.29 is 9.18 Å². The molecule has 1 aromatic heterocycles. The van der Waals surface area contributed by atoms with Gasteiger partial charge in [0.1, 0.15) is 5.82 Å². The molecule has 0 saturated heterocycles. The highest BCUT2D eigenvalue weighted by Gasteiger charge is 2.37. The number of carbonyl (C=O) groups excluding carboxylic acids is 1. The maximum absolute atomic E-state index is 13.0. The van der Waals surface area contributed by atoms with E-state index in [1.165, 1.54) is 12.1 Å². The third-order valence-electron chi connectivity index (χ3n) is 3.77. The Morgan fingerprint density at radius 1 is 1.24 bits per heavy atom. The van der Waals surface area contributed by atoms with Crippen molar-refractivity contribution in [2.24, 2.45) is 5.92 Å². The minimum Gasteiger partial charge on any atom is -0.350 e. The molecule has 1 fully saturated rings. The first-order valence-electron chi connectivity index (χ1n) is 7.17. The molecule has 0 aliphatic heterocycles.